The molecule has 0 fully saturated rings. The van der Waals surface area contributed by atoms with E-state index in [1.165, 1.54) is 77.0 Å². The van der Waals surface area contributed by atoms with Crippen LogP contribution in [0.2, 0.25) is 0 Å². The minimum absolute atomic E-state index is 0.0971. The predicted molar refractivity (Wildman–Crippen MR) is 297 cm³/mol. The molecule has 390 valence electrons. The van der Waals surface area contributed by atoms with Crippen molar-refractivity contribution in [3.63, 3.8) is 0 Å². The summed E-state index contributed by atoms with van der Waals surface area (Å²) < 4.78 is 16.8. The molecule has 0 aromatic carbocycles. The van der Waals surface area contributed by atoms with Crippen molar-refractivity contribution in [3.8, 4) is 0 Å². The van der Waals surface area contributed by atoms with Crippen LogP contribution in [-0.4, -0.2) is 37.2 Å². The van der Waals surface area contributed by atoms with Gasteiger partial charge in [-0.05, 0) is 96.3 Å². The van der Waals surface area contributed by atoms with Gasteiger partial charge in [0, 0.05) is 19.3 Å². The fraction of sp³-hybridized carbons (Fsp3) is 0.635. The number of hydrogen-bond acceptors (Lipinski definition) is 6. The Labute approximate surface area is 424 Å². The van der Waals surface area contributed by atoms with E-state index in [1.54, 1.807) is 0 Å². The third-order valence-corrected chi connectivity index (χ3v) is 11.5. The lowest BCUT2D eigenvalue weighted by molar-refractivity contribution is -0.167. The quantitative estimate of drug-likeness (QED) is 0.0199. The first-order valence-corrected chi connectivity index (χ1v) is 28.1. The topological polar surface area (TPSA) is 78.9 Å². The maximum absolute atomic E-state index is 12.9. The molecule has 0 heterocycles. The van der Waals surface area contributed by atoms with Crippen molar-refractivity contribution in [1.29, 1.82) is 0 Å². The zero-order valence-electron chi connectivity index (χ0n) is 44.5. The minimum atomic E-state index is -0.801. The Kier molecular flexibility index (Phi) is 53.0. The van der Waals surface area contributed by atoms with E-state index in [2.05, 4.69) is 118 Å². The molecule has 6 nitrogen and oxygen atoms in total. The van der Waals surface area contributed by atoms with Crippen LogP contribution in [0.5, 0.6) is 0 Å². The van der Waals surface area contributed by atoms with E-state index >= 15 is 0 Å². The lowest BCUT2D eigenvalue weighted by atomic mass is 10.1. The molecule has 1 unspecified atom stereocenters. The fourth-order valence-corrected chi connectivity index (χ4v) is 7.41. The molecule has 0 saturated heterocycles. The number of allylic oxidation sites excluding steroid dienone is 20. The Morgan fingerprint density at radius 3 is 1.01 bits per heavy atom. The Morgan fingerprint density at radius 1 is 0.319 bits per heavy atom. The van der Waals surface area contributed by atoms with Gasteiger partial charge < -0.3 is 14.2 Å². The van der Waals surface area contributed by atoms with Gasteiger partial charge in [0.05, 0.1) is 0 Å². The summed E-state index contributed by atoms with van der Waals surface area (Å²) in [7, 11) is 0. The molecule has 0 aliphatic rings. The molecule has 0 aromatic rings. The highest BCUT2D eigenvalue weighted by Gasteiger charge is 2.19. The maximum atomic E-state index is 12.9. The molecule has 0 saturated carbocycles. The van der Waals surface area contributed by atoms with Gasteiger partial charge in [-0.2, -0.15) is 0 Å². The summed E-state index contributed by atoms with van der Waals surface area (Å²) in [6, 6.07) is 0. The number of esters is 3. The monoisotopic (exact) mass is 955 g/mol. The number of rotatable bonds is 49. The Bertz CT molecular complexity index is 1470. The van der Waals surface area contributed by atoms with Crippen LogP contribution >= 0.6 is 0 Å². The van der Waals surface area contributed by atoms with Crippen LogP contribution in [0.25, 0.3) is 0 Å². The molecular formula is C63H102O6. The van der Waals surface area contributed by atoms with Gasteiger partial charge in [0.2, 0.25) is 0 Å². The fourth-order valence-electron chi connectivity index (χ4n) is 7.41. The Balaban J connectivity index is 4.46. The first kappa shape index (κ1) is 64.8. The molecule has 0 aliphatic carbocycles. The van der Waals surface area contributed by atoms with E-state index in [-0.39, 0.29) is 31.1 Å². The summed E-state index contributed by atoms with van der Waals surface area (Å²) >= 11 is 0. The van der Waals surface area contributed by atoms with Gasteiger partial charge in [0.25, 0.3) is 0 Å². The summed E-state index contributed by atoms with van der Waals surface area (Å²) in [5, 5.41) is 0. The highest BCUT2D eigenvalue weighted by Crippen LogP contribution is 2.15. The van der Waals surface area contributed by atoms with Crippen molar-refractivity contribution < 1.29 is 28.6 Å². The van der Waals surface area contributed by atoms with Crippen LogP contribution in [-0.2, 0) is 28.6 Å². The molecule has 0 aromatic heterocycles. The van der Waals surface area contributed by atoms with E-state index in [9.17, 15) is 14.4 Å². The standard InChI is InChI=1S/C63H102O6/c1-4-7-10-13-16-19-22-25-28-30-32-34-35-38-41-44-47-50-53-56-62(65)68-59-60(58-67-61(64)55-52-49-46-43-40-37-27-24-21-18-15-12-9-6-3)69-63(66)57-54-51-48-45-42-39-36-33-31-29-26-23-20-17-14-11-8-5-2/h7,9-12,14,16-21,23,25-26,28-29,31,33,36,60H,4-6,8,13,15,22,24,27,30,32,34-35,37-59H2,1-3H3/b10-7-,12-9-,14-11-,19-16-,20-17-,21-18-,26-23-,28-25-,31-29-,36-33-. The summed E-state index contributed by atoms with van der Waals surface area (Å²) in [5.74, 6) is -0.938. The van der Waals surface area contributed by atoms with Crippen LogP contribution in [0.4, 0.5) is 0 Å². The van der Waals surface area contributed by atoms with E-state index < -0.39 is 6.10 Å². The summed E-state index contributed by atoms with van der Waals surface area (Å²) in [4.78, 5) is 38.2. The second kappa shape index (κ2) is 56.4. The zero-order valence-corrected chi connectivity index (χ0v) is 44.5. The van der Waals surface area contributed by atoms with E-state index in [4.69, 9.17) is 14.2 Å². The normalized spacial score (nSPS) is 13.0. The van der Waals surface area contributed by atoms with Crippen LogP contribution in [0.1, 0.15) is 239 Å². The van der Waals surface area contributed by atoms with Gasteiger partial charge in [-0.15, -0.1) is 0 Å². The highest BCUT2D eigenvalue weighted by molar-refractivity contribution is 5.71. The van der Waals surface area contributed by atoms with Gasteiger partial charge in [-0.25, -0.2) is 0 Å². The van der Waals surface area contributed by atoms with Crippen LogP contribution < -0.4 is 0 Å². The zero-order chi connectivity index (χ0) is 50.0. The van der Waals surface area contributed by atoms with Crippen molar-refractivity contribution in [2.45, 2.75) is 245 Å². The van der Waals surface area contributed by atoms with Crippen LogP contribution in [0, 0.1) is 0 Å². The van der Waals surface area contributed by atoms with E-state index in [0.717, 1.165) is 122 Å². The molecule has 1 atom stereocenters. The average Bonchev–Trinajstić information content (AvgIpc) is 3.35. The number of unbranched alkanes of at least 4 members (excludes halogenated alkanes) is 22. The number of ether oxygens (including phenoxy) is 3. The minimum Gasteiger partial charge on any atom is -0.462 e. The first-order valence-electron chi connectivity index (χ1n) is 28.1. The molecule has 0 spiro atoms. The van der Waals surface area contributed by atoms with Crippen molar-refractivity contribution in [2.75, 3.05) is 13.2 Å². The molecular weight excluding hydrogens is 853 g/mol. The molecule has 0 N–H and O–H groups in total. The average molecular weight is 956 g/mol. The highest BCUT2D eigenvalue weighted by atomic mass is 16.6. The molecule has 6 heteroatoms. The Morgan fingerprint density at radius 2 is 0.623 bits per heavy atom. The summed E-state index contributed by atoms with van der Waals surface area (Å²) in [5.41, 5.74) is 0. The van der Waals surface area contributed by atoms with Crippen molar-refractivity contribution in [2.24, 2.45) is 0 Å². The number of hydrogen-bond donors (Lipinski definition) is 0. The molecule has 0 amide bonds. The summed E-state index contributed by atoms with van der Waals surface area (Å²) in [6.45, 7) is 6.30. The SMILES string of the molecule is CC/C=C\C/C=C\C/C=C\CCCCCCCCCCCC(=O)OCC(COC(=O)CCCCCCCCC/C=C\C/C=C\CC)OC(=O)CCCCCCC\C=C/C=C\C=C/C=C\C=C/CCC. The number of carbonyl (C=O) groups excluding carboxylic acids is 3. The molecule has 0 aliphatic heterocycles. The Hall–Kier alpha value is -4.19. The largest absolute Gasteiger partial charge is 0.462 e. The smallest absolute Gasteiger partial charge is 0.306 e. The van der Waals surface area contributed by atoms with Crippen molar-refractivity contribution in [3.05, 3.63) is 122 Å². The van der Waals surface area contributed by atoms with E-state index in [0.29, 0.717) is 19.3 Å². The first-order chi connectivity index (χ1) is 34.0. The predicted octanol–water partition coefficient (Wildman–Crippen LogP) is 18.9. The van der Waals surface area contributed by atoms with Gasteiger partial charge in [0.15, 0.2) is 6.10 Å². The van der Waals surface area contributed by atoms with E-state index in [1.807, 2.05) is 24.3 Å². The molecule has 69 heavy (non-hydrogen) atoms. The van der Waals surface area contributed by atoms with Gasteiger partial charge in [-0.3, -0.25) is 14.4 Å². The molecule has 0 bridgehead atoms. The van der Waals surface area contributed by atoms with Crippen molar-refractivity contribution in [1.82, 2.24) is 0 Å². The second-order valence-corrected chi connectivity index (χ2v) is 18.2. The third kappa shape index (κ3) is 54.6. The third-order valence-electron chi connectivity index (χ3n) is 11.5. The van der Waals surface area contributed by atoms with Crippen LogP contribution in [0.3, 0.4) is 0 Å². The maximum Gasteiger partial charge on any atom is 0.306 e. The van der Waals surface area contributed by atoms with Crippen LogP contribution in [0.15, 0.2) is 122 Å². The van der Waals surface area contributed by atoms with Gasteiger partial charge >= 0.3 is 17.9 Å². The summed E-state index contributed by atoms with van der Waals surface area (Å²) in [6.07, 6.45) is 77.5. The second-order valence-electron chi connectivity index (χ2n) is 18.2. The van der Waals surface area contributed by atoms with Gasteiger partial charge in [0.1, 0.15) is 13.2 Å². The van der Waals surface area contributed by atoms with Gasteiger partial charge in [-0.1, -0.05) is 245 Å². The molecule has 0 radical (unpaired) electrons. The lowest BCUT2D eigenvalue weighted by Gasteiger charge is -2.18. The lowest BCUT2D eigenvalue weighted by Crippen LogP contribution is -2.30. The van der Waals surface area contributed by atoms with Crippen molar-refractivity contribution >= 4 is 17.9 Å². The number of carbonyl (C=O) groups is 3. The molecule has 0 rings (SSSR count).